The van der Waals surface area contributed by atoms with Gasteiger partial charge in [0.15, 0.2) is 6.61 Å². The van der Waals surface area contributed by atoms with E-state index in [9.17, 15) is 36.4 Å². The van der Waals surface area contributed by atoms with Crippen molar-refractivity contribution in [2.75, 3.05) is 6.61 Å². The molecule has 0 bridgehead atoms. The van der Waals surface area contributed by atoms with Crippen LogP contribution in [0.1, 0.15) is 99.3 Å². The van der Waals surface area contributed by atoms with E-state index in [1.807, 2.05) is 6.92 Å². The Balaban J connectivity index is 1.59. The van der Waals surface area contributed by atoms with Gasteiger partial charge in [-0.05, 0) is 93.3 Å². The average Bonchev–Trinajstić information content (AvgIpc) is 3.28. The maximum atomic E-state index is 13.5. The highest BCUT2D eigenvalue weighted by molar-refractivity contribution is 7.86. The van der Waals surface area contributed by atoms with Crippen molar-refractivity contribution in [3.63, 3.8) is 0 Å². The molecule has 10 nitrogen and oxygen atoms in total. The molecular formula is C32H48F2O10S. The summed E-state index contributed by atoms with van der Waals surface area (Å²) >= 11 is 0. The van der Waals surface area contributed by atoms with Crippen molar-refractivity contribution in [2.24, 2.45) is 52.3 Å². The van der Waals surface area contributed by atoms with Crippen LogP contribution in [0.3, 0.4) is 0 Å². The number of hydrogen-bond acceptors (Lipinski definition) is 9. The average molecular weight is 663 g/mol. The summed E-state index contributed by atoms with van der Waals surface area (Å²) in [6.07, 6.45) is 4.49. The van der Waals surface area contributed by atoms with Crippen LogP contribution < -0.4 is 0 Å². The van der Waals surface area contributed by atoms with Crippen LogP contribution in [-0.4, -0.2) is 60.7 Å². The molecule has 0 aromatic rings. The second kappa shape index (κ2) is 12.8. The molecule has 4 rings (SSSR count). The summed E-state index contributed by atoms with van der Waals surface area (Å²) in [5.41, 5.74) is -0.642. The maximum Gasteiger partial charge on any atom is 0.402 e. The SMILES string of the molecule is CC(=O)O[C@H]1C[C@H]2[C@@H]([C@H](OC(C)=O)CC3CC(C(C)=O)CC[C@@]32C)[C@@H]2CC[C@H]([C@H](C)CCC(=O)OCC(F)(F)S(=O)(=O)O)[C@@]12C. The van der Waals surface area contributed by atoms with Gasteiger partial charge in [-0.3, -0.25) is 23.7 Å². The number of ketones is 1. The minimum atomic E-state index is -5.72. The first kappa shape index (κ1) is 35.7. The van der Waals surface area contributed by atoms with Crippen molar-refractivity contribution in [1.82, 2.24) is 0 Å². The summed E-state index contributed by atoms with van der Waals surface area (Å²) in [5, 5.41) is -4.60. The minimum Gasteiger partial charge on any atom is -0.462 e. The third-order valence-electron chi connectivity index (χ3n) is 12.3. The molecule has 2 unspecified atom stereocenters. The number of alkyl halides is 2. The van der Waals surface area contributed by atoms with E-state index in [2.05, 4.69) is 18.6 Å². The summed E-state index contributed by atoms with van der Waals surface area (Å²) in [6, 6.07) is 0. The van der Waals surface area contributed by atoms with E-state index in [1.165, 1.54) is 13.8 Å². The topological polar surface area (TPSA) is 150 Å². The Kier molecular flexibility index (Phi) is 10.2. The summed E-state index contributed by atoms with van der Waals surface area (Å²) < 4.78 is 74.1. The summed E-state index contributed by atoms with van der Waals surface area (Å²) in [7, 11) is -5.72. The van der Waals surface area contributed by atoms with E-state index in [1.54, 1.807) is 6.92 Å². The second-order valence-corrected chi connectivity index (χ2v) is 16.2. The van der Waals surface area contributed by atoms with Crippen molar-refractivity contribution in [3.05, 3.63) is 0 Å². The Hall–Kier alpha value is -2.15. The summed E-state index contributed by atoms with van der Waals surface area (Å²) in [5.74, 6) is -1.38. The number of hydrogen-bond donors (Lipinski definition) is 1. The number of Topliss-reactive ketones (excluding diaryl/α,β-unsaturated/α-hetero) is 1. The number of fused-ring (bicyclic) bond motifs is 5. The Morgan fingerprint density at radius 3 is 2.18 bits per heavy atom. The minimum absolute atomic E-state index is 0.0154. The van der Waals surface area contributed by atoms with E-state index in [4.69, 9.17) is 14.0 Å². The van der Waals surface area contributed by atoms with E-state index in [0.717, 1.165) is 32.1 Å². The van der Waals surface area contributed by atoms with Crippen LogP contribution in [0.2, 0.25) is 0 Å². The van der Waals surface area contributed by atoms with Crippen LogP contribution in [0.25, 0.3) is 0 Å². The van der Waals surface area contributed by atoms with Gasteiger partial charge in [0.25, 0.3) is 0 Å². The van der Waals surface area contributed by atoms with Crippen molar-refractivity contribution in [3.8, 4) is 0 Å². The van der Waals surface area contributed by atoms with Crippen molar-refractivity contribution in [1.29, 1.82) is 0 Å². The zero-order chi connectivity index (χ0) is 33.7. The van der Waals surface area contributed by atoms with Gasteiger partial charge in [0.1, 0.15) is 18.0 Å². The summed E-state index contributed by atoms with van der Waals surface area (Å²) in [6.45, 7) is 9.03. The lowest BCUT2D eigenvalue weighted by Gasteiger charge is -2.64. The zero-order valence-corrected chi connectivity index (χ0v) is 27.9. The first-order valence-electron chi connectivity index (χ1n) is 16.1. The van der Waals surface area contributed by atoms with Gasteiger partial charge in [0.05, 0.1) is 0 Å². The second-order valence-electron chi connectivity index (χ2n) is 14.6. The fourth-order valence-corrected chi connectivity index (χ4v) is 10.2. The molecule has 4 aliphatic carbocycles. The first-order valence-corrected chi connectivity index (χ1v) is 17.5. The van der Waals surface area contributed by atoms with Crippen LogP contribution in [-0.2, 0) is 43.5 Å². The molecule has 256 valence electrons. The highest BCUT2D eigenvalue weighted by Gasteiger charge is 2.67. The van der Waals surface area contributed by atoms with Crippen LogP contribution in [0, 0.1) is 52.3 Å². The smallest absolute Gasteiger partial charge is 0.402 e. The number of halogens is 2. The monoisotopic (exact) mass is 662 g/mol. The van der Waals surface area contributed by atoms with Crippen LogP contribution in [0.5, 0.6) is 0 Å². The highest BCUT2D eigenvalue weighted by atomic mass is 32.2. The molecule has 13 heteroatoms. The van der Waals surface area contributed by atoms with Gasteiger partial charge in [-0.2, -0.15) is 17.2 Å². The molecule has 45 heavy (non-hydrogen) atoms. The van der Waals surface area contributed by atoms with Crippen molar-refractivity contribution < 1.29 is 55.1 Å². The number of ether oxygens (including phenoxy) is 3. The van der Waals surface area contributed by atoms with Gasteiger partial charge in [-0.1, -0.05) is 20.8 Å². The lowest BCUT2D eigenvalue weighted by molar-refractivity contribution is -0.222. The highest BCUT2D eigenvalue weighted by Crippen LogP contribution is 2.69. The van der Waals surface area contributed by atoms with E-state index >= 15 is 0 Å². The van der Waals surface area contributed by atoms with Crippen LogP contribution in [0.4, 0.5) is 8.78 Å². The molecule has 0 saturated heterocycles. The number of carbonyl (C=O) groups is 4. The standard InChI is InChI=1S/C32H48F2O10S/c1-17(7-10-28(38)42-16-32(33,34)45(39,40)41)23-8-9-24-29-25(15-27(31(23,24)6)44-20(4)37)30(5)12-11-21(18(2)35)13-22(30)14-26(29)43-19(3)36/h17,21-27,29H,7-16H2,1-6H3,(H,39,40,41)/t17-,21?,22?,23-,24+,25+,26-,27+,29+,30+,31-/m1/s1. The molecule has 0 amide bonds. The molecule has 0 aromatic heterocycles. The molecule has 0 spiro atoms. The number of esters is 3. The first-order chi connectivity index (χ1) is 20.7. The lowest BCUT2D eigenvalue weighted by Crippen LogP contribution is -2.63. The molecule has 0 aromatic carbocycles. The lowest BCUT2D eigenvalue weighted by atomic mass is 9.42. The molecule has 0 aliphatic heterocycles. The van der Waals surface area contributed by atoms with Crippen molar-refractivity contribution in [2.45, 2.75) is 117 Å². The third kappa shape index (κ3) is 6.80. The van der Waals surface area contributed by atoms with Gasteiger partial charge in [-0.15, -0.1) is 0 Å². The quantitative estimate of drug-likeness (QED) is 0.184. The van der Waals surface area contributed by atoms with E-state index in [-0.39, 0.29) is 77.5 Å². The fraction of sp³-hybridized carbons (Fsp3) is 0.875. The van der Waals surface area contributed by atoms with Gasteiger partial charge in [-0.25, -0.2) is 0 Å². The molecular weight excluding hydrogens is 614 g/mol. The van der Waals surface area contributed by atoms with Gasteiger partial charge >= 0.3 is 33.3 Å². The Morgan fingerprint density at radius 1 is 0.956 bits per heavy atom. The van der Waals surface area contributed by atoms with Gasteiger partial charge in [0, 0.05) is 37.5 Å². The van der Waals surface area contributed by atoms with E-state index < -0.39 is 45.4 Å². The summed E-state index contributed by atoms with van der Waals surface area (Å²) in [4.78, 5) is 49.6. The number of carbonyl (C=O) groups excluding carboxylic acids is 4. The fourth-order valence-electron chi connectivity index (χ4n) is 10.0. The van der Waals surface area contributed by atoms with Crippen LogP contribution >= 0.6 is 0 Å². The third-order valence-corrected chi connectivity index (χ3v) is 13.1. The maximum absolute atomic E-state index is 13.5. The molecule has 1 N–H and O–H groups in total. The molecule has 0 radical (unpaired) electrons. The molecule has 4 saturated carbocycles. The van der Waals surface area contributed by atoms with Gasteiger partial charge < -0.3 is 14.2 Å². The number of rotatable bonds is 10. The van der Waals surface area contributed by atoms with Crippen molar-refractivity contribution >= 4 is 33.8 Å². The van der Waals surface area contributed by atoms with Gasteiger partial charge in [0.2, 0.25) is 0 Å². The largest absolute Gasteiger partial charge is 0.462 e. The Morgan fingerprint density at radius 2 is 1.60 bits per heavy atom. The normalized spacial score (nSPS) is 38.6. The Labute approximate surface area is 264 Å². The Bertz CT molecular complexity index is 1290. The molecule has 4 aliphatic rings. The zero-order valence-electron chi connectivity index (χ0n) is 27.1. The molecule has 0 heterocycles. The predicted octanol–water partition coefficient (Wildman–Crippen LogP) is 5.37. The predicted molar refractivity (Wildman–Crippen MR) is 157 cm³/mol. The molecule has 11 atom stereocenters. The van der Waals surface area contributed by atoms with Crippen LogP contribution in [0.15, 0.2) is 0 Å². The molecule has 4 fully saturated rings. The van der Waals surface area contributed by atoms with E-state index in [0.29, 0.717) is 12.8 Å².